The molecule has 0 saturated heterocycles. The molecule has 20 aromatic carbocycles. The van der Waals surface area contributed by atoms with Gasteiger partial charge in [-0.1, -0.05) is 324 Å². The number of aromatic nitrogens is 4. The Morgan fingerprint density at radius 2 is 0.694 bits per heavy atom. The van der Waals surface area contributed by atoms with E-state index < -0.39 is 5.97 Å². The summed E-state index contributed by atoms with van der Waals surface area (Å²) in [4.78, 5) is 46.5. The molecular weight excluding hydrogens is 2050 g/mol. The number of carboxylic acids is 1. The summed E-state index contributed by atoms with van der Waals surface area (Å²) in [6, 6.07) is 128. The topological polar surface area (TPSA) is 220 Å². The fourth-order valence-corrected chi connectivity index (χ4v) is 23.2. The Bertz CT molecular complexity index is 9060. The van der Waals surface area contributed by atoms with Crippen LogP contribution < -0.4 is 20.3 Å². The molecule has 0 saturated carbocycles. The molecule has 6 heterocycles. The SMILES string of the molecule is Brc1cc(-c2nc3ccccc3o2)c2ccc3c(Br)cc(-c4nc5ccccc5o4)cc3c2c1.CC1(C)c2ccccc2Cc2ccccc21.CC1(C)c2ccccc2N(c2cc(-c3nc4ccccc4o3)c3ccc4c(N5c6ccccc6C(C)(C)c6ccccc65)cc(-c5nc6ccccc6o5)cc4c3c2)c2ccccc21.Nc1ccccc1O.O=COc1cc(Br)c2ccc3c(C(=O)O)cc(Br)cc3c2c1. The second-order valence-electron chi connectivity index (χ2n) is 37.7. The van der Waals surface area contributed by atoms with Crippen molar-refractivity contribution in [1.82, 2.24) is 19.9 Å². The number of aromatic carboxylic acids is 1. The van der Waals surface area contributed by atoms with E-state index in [4.69, 9.17) is 53.2 Å². The van der Waals surface area contributed by atoms with Crippen molar-refractivity contribution >= 4 is 225 Å². The van der Waals surface area contributed by atoms with Gasteiger partial charge < -0.3 is 48.2 Å². The van der Waals surface area contributed by atoms with Crippen molar-refractivity contribution in [2.24, 2.45) is 0 Å². The lowest BCUT2D eigenvalue weighted by Crippen LogP contribution is -2.30. The van der Waals surface area contributed by atoms with Crippen molar-refractivity contribution in [2.45, 2.75) is 64.2 Å². The van der Waals surface area contributed by atoms with Crippen LogP contribution in [-0.4, -0.2) is 42.6 Å². The summed E-state index contributed by atoms with van der Waals surface area (Å²) in [5.74, 6) is 1.87. The summed E-state index contributed by atoms with van der Waals surface area (Å²) in [5.41, 5.74) is 33.2. The third-order valence-electron chi connectivity index (χ3n) is 28.0. The van der Waals surface area contributed by atoms with Gasteiger partial charge in [0.2, 0.25) is 23.6 Å². The fourth-order valence-electron chi connectivity index (χ4n) is 21.1. The molecule has 0 spiro atoms. The summed E-state index contributed by atoms with van der Waals surface area (Å²) >= 11 is 14.3. The number of nitrogen functional groups attached to an aromatic ring is 1. The van der Waals surface area contributed by atoms with Gasteiger partial charge in [-0.3, -0.25) is 4.79 Å². The van der Waals surface area contributed by atoms with Gasteiger partial charge in [0, 0.05) is 67.5 Å². The zero-order valence-electron chi connectivity index (χ0n) is 78.6. The number of carbonyl (C=O) groups is 2. The Morgan fingerprint density at radius 1 is 0.340 bits per heavy atom. The van der Waals surface area contributed by atoms with E-state index in [2.05, 4.69) is 333 Å². The molecule has 0 fully saturated rings. The van der Waals surface area contributed by atoms with Crippen molar-refractivity contribution in [1.29, 1.82) is 0 Å². The number of anilines is 7. The number of phenolic OH excluding ortho intramolecular Hbond substituents is 1. The number of benzene rings is 20. The number of oxazole rings is 4. The minimum atomic E-state index is -0.995. The number of rotatable bonds is 9. The quantitative estimate of drug-likeness (QED) is 0.0529. The van der Waals surface area contributed by atoms with Crippen molar-refractivity contribution in [3.8, 4) is 57.3 Å². The Balaban J connectivity index is 0.000000118. The Kier molecular flexibility index (Phi) is 23.4. The number of phenols is 1. The molecule has 0 amide bonds. The first-order valence-corrected chi connectivity index (χ1v) is 50.3. The maximum atomic E-state index is 11.4. The van der Waals surface area contributed by atoms with Crippen LogP contribution in [0.3, 0.4) is 0 Å². The Morgan fingerprint density at radius 3 is 1.17 bits per heavy atom. The highest BCUT2D eigenvalue weighted by molar-refractivity contribution is 9.11. The van der Waals surface area contributed by atoms with Gasteiger partial charge in [-0.2, -0.15) is 0 Å². The Labute approximate surface area is 861 Å². The second-order valence-corrected chi connectivity index (χ2v) is 41.2. The van der Waals surface area contributed by atoms with E-state index in [-0.39, 0.29) is 27.6 Å². The zero-order valence-corrected chi connectivity index (χ0v) is 84.9. The number of carbonyl (C=O) groups excluding carboxylic acids is 1. The van der Waals surface area contributed by atoms with Crippen LogP contribution in [0.25, 0.3) is 155 Å². The van der Waals surface area contributed by atoms with Crippen LogP contribution in [0.4, 0.5) is 39.8 Å². The van der Waals surface area contributed by atoms with Gasteiger partial charge in [0.1, 0.15) is 33.6 Å². The minimum Gasteiger partial charge on any atom is -0.506 e. The Hall–Kier alpha value is -16.1. The van der Waals surface area contributed by atoms with E-state index in [9.17, 15) is 14.7 Å². The average Bonchev–Trinajstić information content (AvgIpc) is 0.776. The number of fused-ring (bicyclic) bond motifs is 19. The molecule has 2 aliphatic heterocycles. The molecule has 1 aliphatic carbocycles. The average molecular weight is 2140 g/mol. The molecule has 0 unspecified atom stereocenters. The molecule has 16 nitrogen and oxygen atoms in total. The van der Waals surface area contributed by atoms with E-state index in [1.807, 2.05) is 109 Å². The number of hydrogen-bond acceptors (Lipinski definition) is 15. The number of halogens is 4. The molecule has 27 rings (SSSR count). The van der Waals surface area contributed by atoms with Crippen molar-refractivity contribution < 1.29 is 42.2 Å². The van der Waals surface area contributed by atoms with Crippen molar-refractivity contribution in [3.63, 3.8) is 0 Å². The van der Waals surface area contributed by atoms with Crippen LogP contribution in [0.15, 0.2) is 412 Å². The van der Waals surface area contributed by atoms with Gasteiger partial charge in [0.05, 0.1) is 39.7 Å². The monoisotopic (exact) mass is 2130 g/mol. The lowest BCUT2D eigenvalue weighted by Gasteiger charge is -2.42. The molecule has 0 atom stereocenters. The first-order valence-electron chi connectivity index (χ1n) is 47.1. The lowest BCUT2D eigenvalue weighted by molar-refractivity contribution is -0.120. The summed E-state index contributed by atoms with van der Waals surface area (Å²) in [6.45, 7) is 14.3. The smallest absolute Gasteiger partial charge is 0.336 e. The highest BCUT2D eigenvalue weighted by Gasteiger charge is 2.40. The first-order chi connectivity index (χ1) is 69.9. The molecule has 0 radical (unpaired) electrons. The van der Waals surface area contributed by atoms with E-state index in [0.717, 1.165) is 180 Å². The molecule has 700 valence electrons. The number of aromatic hydroxyl groups is 1. The minimum absolute atomic E-state index is 0.144. The van der Waals surface area contributed by atoms with Crippen LogP contribution in [0.5, 0.6) is 11.5 Å². The van der Waals surface area contributed by atoms with Gasteiger partial charge >= 0.3 is 5.97 Å². The number of nitrogens with two attached hydrogens (primary N) is 1. The van der Waals surface area contributed by atoms with Gasteiger partial charge in [-0.15, -0.1) is 0 Å². The van der Waals surface area contributed by atoms with Gasteiger partial charge in [0.25, 0.3) is 6.47 Å². The largest absolute Gasteiger partial charge is 0.506 e. The molecule has 3 aliphatic rings. The van der Waals surface area contributed by atoms with Crippen molar-refractivity contribution in [3.05, 3.63) is 444 Å². The van der Waals surface area contributed by atoms with Crippen LogP contribution in [0.2, 0.25) is 0 Å². The predicted molar refractivity (Wildman–Crippen MR) is 595 cm³/mol. The zero-order chi connectivity index (χ0) is 98.7. The van der Waals surface area contributed by atoms with Gasteiger partial charge in [-0.05, 0) is 268 Å². The molecular formula is C124H87Br4N7O9. The van der Waals surface area contributed by atoms with E-state index in [1.165, 1.54) is 44.5 Å². The molecule has 24 aromatic rings. The van der Waals surface area contributed by atoms with Crippen LogP contribution >= 0.6 is 63.7 Å². The van der Waals surface area contributed by atoms with E-state index in [1.54, 1.807) is 48.5 Å². The summed E-state index contributed by atoms with van der Waals surface area (Å²) < 4.78 is 33.7. The fraction of sp³-hybridized carbons (Fsp3) is 0.0806. The number of para-hydroxylation sites is 14. The number of hydrogen-bond donors (Lipinski definition) is 3. The van der Waals surface area contributed by atoms with Gasteiger partial charge in [0.15, 0.2) is 22.3 Å². The molecule has 4 N–H and O–H groups in total. The molecule has 4 aromatic heterocycles. The standard InChI is InChI=1S/C58H42N4O2.C28H14Br2N2O2.C16H8Br2O4.C16H16.C6H7NO/c1-57(2)42-17-5-11-23-48(42)61(49-24-12-6-18-43(49)57)36-33-40-37(41(34-36)56-60-47-22-10-16-28-54(47)64-56)29-30-38-39(40)31-35(55-59-46-21-9-15-27-53(46)63-55)32-52(38)62-50-25-13-7-19-44(50)58(3,4)45-20-8-14-26-51(45)62;29-16-13-20-17(21(14-16)28-32-24-6-2-4-8-26(24)34-28)9-10-18-19(20)11-15(12-22(18)30)27-31-23-5-1-3-7-25(23)33-27;17-8-3-12-10(14(4-8)16(20)21)1-2-11-13(12)5-9(22-7-19)6-15(11)18;1-16(2)14-9-5-3-7-12(14)11-13-8-4-6-10-15(13)16;7-5-3-1-2-4-6(5)8/h5-34H,1-4H3;1-14H;1-7H,(H,20,21);3-10H,11H2,1-2H3;1-4,8H,7H2. The highest BCUT2D eigenvalue weighted by atomic mass is 79.9. The second kappa shape index (κ2) is 36.8. The number of carboxylic acid groups (broad SMARTS) is 1. The summed E-state index contributed by atoms with van der Waals surface area (Å²) in [7, 11) is 0. The maximum Gasteiger partial charge on any atom is 0.336 e. The van der Waals surface area contributed by atoms with Crippen LogP contribution in [0, 0.1) is 0 Å². The first kappa shape index (κ1) is 91.7. The van der Waals surface area contributed by atoms with E-state index in [0.29, 0.717) is 51.3 Å². The summed E-state index contributed by atoms with van der Waals surface area (Å²) in [5, 5.41) is 29.8. The maximum absolute atomic E-state index is 11.4. The highest BCUT2D eigenvalue weighted by Crippen LogP contribution is 2.58. The molecule has 20 heteroatoms. The van der Waals surface area contributed by atoms with Crippen molar-refractivity contribution in [2.75, 3.05) is 15.5 Å². The molecule has 144 heavy (non-hydrogen) atoms. The van der Waals surface area contributed by atoms with Crippen LogP contribution in [-0.2, 0) is 27.5 Å². The van der Waals surface area contributed by atoms with Crippen LogP contribution in [0.1, 0.15) is 96.4 Å². The third-order valence-corrected chi connectivity index (χ3v) is 30.2. The predicted octanol–water partition coefficient (Wildman–Crippen LogP) is 34.6. The van der Waals surface area contributed by atoms with Gasteiger partial charge in [-0.25, -0.2) is 24.7 Å². The summed E-state index contributed by atoms with van der Waals surface area (Å²) in [6.07, 6.45) is 1.08. The lowest BCUT2D eigenvalue weighted by atomic mass is 9.69. The number of nitrogens with zero attached hydrogens (tertiary/aromatic N) is 6. The third kappa shape index (κ3) is 16.3. The number of ether oxygens (including phenoxy) is 1. The normalized spacial score (nSPS) is 13.3. The van der Waals surface area contributed by atoms with E-state index >= 15 is 0 Å². The molecule has 0 bridgehead atoms.